The molecule has 0 bridgehead atoms. The van der Waals surface area contributed by atoms with Crippen molar-refractivity contribution in [3.63, 3.8) is 0 Å². The van der Waals surface area contributed by atoms with Gasteiger partial charge in [-0.15, -0.1) is 0 Å². The summed E-state index contributed by atoms with van der Waals surface area (Å²) >= 11 is 0. The number of nitrogen functional groups attached to an aromatic ring is 1. The number of nitrogens with zero attached hydrogens (tertiary/aromatic N) is 3. The highest BCUT2D eigenvalue weighted by Crippen LogP contribution is 2.47. The molecule has 216 valence electrons. The fraction of sp³-hybridized carbons (Fsp3) is 0.273. The highest BCUT2D eigenvalue weighted by atomic mass is 16.7. The Morgan fingerprint density at radius 1 is 0.810 bits per heavy atom. The van der Waals surface area contributed by atoms with Crippen LogP contribution in [0, 0.1) is 0 Å². The third kappa shape index (κ3) is 5.78. The van der Waals surface area contributed by atoms with Crippen molar-refractivity contribution in [1.82, 2.24) is 14.4 Å². The van der Waals surface area contributed by atoms with E-state index in [1.54, 1.807) is 16.7 Å². The van der Waals surface area contributed by atoms with Crippen LogP contribution in [0.5, 0.6) is 0 Å². The van der Waals surface area contributed by atoms with Gasteiger partial charge >= 0.3 is 0 Å². The lowest BCUT2D eigenvalue weighted by molar-refractivity contribution is -0.270. The molecule has 1 aliphatic rings. The smallest absolute Gasteiger partial charge is 0.224 e. The Morgan fingerprint density at radius 3 is 1.93 bits per heavy atom. The summed E-state index contributed by atoms with van der Waals surface area (Å²) < 4.78 is 27.5. The molecule has 2 aromatic heterocycles. The van der Waals surface area contributed by atoms with E-state index in [1.165, 1.54) is 6.33 Å². The standard InChI is InChI=1S/C33H34N4O5/c1-32(22-39-19-24-11-5-2-6-12-24)29(40-20-25-13-7-3-8-14-25)30(41-21-26-15-9-4-10-16-26)33(38,42-32)27-17-28-35-23-36-31(34)37(28)18-27/h2-18,23,29-30,38H,19-22H2,1H3,(H2,34,35,36)/t29-,30+,32+,33?/m0/s1. The molecule has 1 saturated heterocycles. The first kappa shape index (κ1) is 28.0. The first-order valence-electron chi connectivity index (χ1n) is 13.9. The Bertz CT molecular complexity index is 1600. The fourth-order valence-corrected chi connectivity index (χ4v) is 5.40. The van der Waals surface area contributed by atoms with E-state index >= 15 is 0 Å². The van der Waals surface area contributed by atoms with Crippen molar-refractivity contribution in [3.8, 4) is 0 Å². The minimum atomic E-state index is -1.92. The minimum Gasteiger partial charge on any atom is -0.374 e. The molecule has 1 aliphatic heterocycles. The Labute approximate surface area is 244 Å². The van der Waals surface area contributed by atoms with Gasteiger partial charge < -0.3 is 29.8 Å². The second-order valence-corrected chi connectivity index (χ2v) is 10.7. The Morgan fingerprint density at radius 2 is 1.36 bits per heavy atom. The zero-order valence-electron chi connectivity index (χ0n) is 23.4. The first-order chi connectivity index (χ1) is 20.4. The minimum absolute atomic E-state index is 0.143. The molecule has 3 N–H and O–H groups in total. The molecule has 1 fully saturated rings. The summed E-state index contributed by atoms with van der Waals surface area (Å²) in [5.41, 5.74) is 8.93. The van der Waals surface area contributed by atoms with Crippen LogP contribution in [0.3, 0.4) is 0 Å². The van der Waals surface area contributed by atoms with E-state index < -0.39 is 23.6 Å². The molecule has 0 amide bonds. The van der Waals surface area contributed by atoms with E-state index in [1.807, 2.05) is 97.9 Å². The topological polar surface area (TPSA) is 113 Å². The molecule has 9 nitrogen and oxygen atoms in total. The van der Waals surface area contributed by atoms with Gasteiger partial charge in [-0.25, -0.2) is 9.97 Å². The molecular formula is C33H34N4O5. The van der Waals surface area contributed by atoms with Crippen molar-refractivity contribution in [2.75, 3.05) is 12.3 Å². The van der Waals surface area contributed by atoms with E-state index in [9.17, 15) is 5.11 Å². The van der Waals surface area contributed by atoms with E-state index in [4.69, 9.17) is 24.7 Å². The number of ether oxygens (including phenoxy) is 4. The van der Waals surface area contributed by atoms with E-state index in [0.717, 1.165) is 16.7 Å². The molecule has 0 aliphatic carbocycles. The summed E-state index contributed by atoms with van der Waals surface area (Å²) in [6, 6.07) is 31.3. The third-order valence-corrected chi connectivity index (χ3v) is 7.54. The van der Waals surface area contributed by atoms with E-state index in [2.05, 4.69) is 9.97 Å². The zero-order chi connectivity index (χ0) is 29.0. The number of rotatable bonds is 11. The van der Waals surface area contributed by atoms with Gasteiger partial charge in [0, 0.05) is 11.8 Å². The van der Waals surface area contributed by atoms with Crippen molar-refractivity contribution in [2.45, 2.75) is 50.3 Å². The van der Waals surface area contributed by atoms with Crippen LogP contribution < -0.4 is 5.73 Å². The number of nitrogens with two attached hydrogens (primary N) is 1. The molecule has 6 rings (SSSR count). The molecule has 42 heavy (non-hydrogen) atoms. The van der Waals surface area contributed by atoms with Crippen molar-refractivity contribution >= 4 is 11.6 Å². The zero-order valence-corrected chi connectivity index (χ0v) is 23.4. The van der Waals surface area contributed by atoms with Gasteiger partial charge in [0.05, 0.1) is 26.4 Å². The van der Waals surface area contributed by atoms with Gasteiger partial charge in [-0.2, -0.15) is 0 Å². The predicted molar refractivity (Wildman–Crippen MR) is 157 cm³/mol. The average molecular weight is 567 g/mol. The van der Waals surface area contributed by atoms with Crippen LogP contribution in [0.15, 0.2) is 110 Å². The SMILES string of the molecule is C[C@]1(COCc2ccccc2)OC(O)(c2cc3ncnc(N)n3c2)[C@H](OCc2ccccc2)[C@@H]1OCc1ccccc1. The largest absolute Gasteiger partial charge is 0.374 e. The molecule has 5 aromatic rings. The Hall–Kier alpha value is -4.12. The molecule has 0 radical (unpaired) electrons. The van der Waals surface area contributed by atoms with Crippen LogP contribution in [0.2, 0.25) is 0 Å². The van der Waals surface area contributed by atoms with Crippen LogP contribution in [-0.4, -0.2) is 43.9 Å². The van der Waals surface area contributed by atoms with Crippen molar-refractivity contribution < 1.29 is 24.1 Å². The van der Waals surface area contributed by atoms with Crippen LogP contribution in [0.1, 0.15) is 29.2 Å². The molecule has 9 heteroatoms. The monoisotopic (exact) mass is 566 g/mol. The number of hydrogen-bond donors (Lipinski definition) is 2. The lowest BCUT2D eigenvalue weighted by Crippen LogP contribution is -2.47. The lowest BCUT2D eigenvalue weighted by Gasteiger charge is -2.31. The molecule has 3 heterocycles. The molecule has 3 aromatic carbocycles. The van der Waals surface area contributed by atoms with Crippen molar-refractivity contribution in [3.05, 3.63) is 132 Å². The van der Waals surface area contributed by atoms with Gasteiger partial charge in [0.15, 0.2) is 0 Å². The lowest BCUT2D eigenvalue weighted by atomic mass is 9.93. The second kappa shape index (κ2) is 12.0. The highest BCUT2D eigenvalue weighted by molar-refractivity contribution is 5.48. The van der Waals surface area contributed by atoms with Crippen molar-refractivity contribution in [2.24, 2.45) is 0 Å². The Balaban J connectivity index is 1.36. The van der Waals surface area contributed by atoms with Crippen LogP contribution in [0.25, 0.3) is 5.65 Å². The molecular weight excluding hydrogens is 532 g/mol. The number of hydrogen-bond acceptors (Lipinski definition) is 8. The molecule has 4 atom stereocenters. The molecule has 0 saturated carbocycles. The number of fused-ring (bicyclic) bond motifs is 1. The highest BCUT2D eigenvalue weighted by Gasteiger charge is 2.63. The third-order valence-electron chi connectivity index (χ3n) is 7.54. The summed E-state index contributed by atoms with van der Waals surface area (Å²) in [6.07, 6.45) is 1.41. The van der Waals surface area contributed by atoms with Gasteiger partial charge in [0.2, 0.25) is 11.7 Å². The molecule has 0 spiro atoms. The number of anilines is 1. The van der Waals surface area contributed by atoms with Crippen LogP contribution in [-0.2, 0) is 44.6 Å². The van der Waals surface area contributed by atoms with Crippen LogP contribution in [0.4, 0.5) is 5.95 Å². The second-order valence-electron chi connectivity index (χ2n) is 10.7. The van der Waals surface area contributed by atoms with Gasteiger partial charge in [-0.3, -0.25) is 4.40 Å². The summed E-state index contributed by atoms with van der Waals surface area (Å²) in [4.78, 5) is 8.38. The maximum atomic E-state index is 12.4. The summed E-state index contributed by atoms with van der Waals surface area (Å²) in [5, 5.41) is 12.4. The normalized spacial score (nSPS) is 23.9. The maximum Gasteiger partial charge on any atom is 0.224 e. The van der Waals surface area contributed by atoms with Gasteiger partial charge in [-0.1, -0.05) is 91.0 Å². The van der Waals surface area contributed by atoms with Crippen LogP contribution >= 0.6 is 0 Å². The van der Waals surface area contributed by atoms with E-state index in [-0.39, 0.29) is 19.2 Å². The number of benzene rings is 3. The number of aliphatic hydroxyl groups is 1. The average Bonchev–Trinajstić information content (AvgIpc) is 3.55. The van der Waals surface area contributed by atoms with Crippen molar-refractivity contribution in [1.29, 1.82) is 0 Å². The number of aromatic nitrogens is 3. The molecule has 1 unspecified atom stereocenters. The van der Waals surface area contributed by atoms with Gasteiger partial charge in [0.1, 0.15) is 29.8 Å². The quantitative estimate of drug-likeness (QED) is 0.238. The summed E-state index contributed by atoms with van der Waals surface area (Å²) in [7, 11) is 0. The van der Waals surface area contributed by atoms with E-state index in [0.29, 0.717) is 24.4 Å². The van der Waals surface area contributed by atoms with Gasteiger partial charge in [-0.05, 0) is 29.7 Å². The summed E-state index contributed by atoms with van der Waals surface area (Å²) in [5.74, 6) is -1.68. The first-order valence-corrected chi connectivity index (χ1v) is 13.9. The Kier molecular flexibility index (Phi) is 8.01. The fourth-order valence-electron chi connectivity index (χ4n) is 5.40. The van der Waals surface area contributed by atoms with Gasteiger partial charge in [0.25, 0.3) is 0 Å². The maximum absolute atomic E-state index is 12.4. The summed E-state index contributed by atoms with van der Waals surface area (Å²) in [6.45, 7) is 2.93. The predicted octanol–water partition coefficient (Wildman–Crippen LogP) is 4.63.